The Labute approximate surface area is 104 Å². The molecule has 6 heteroatoms. The van der Waals surface area contributed by atoms with Gasteiger partial charge < -0.3 is 18.0 Å². The van der Waals surface area contributed by atoms with Crippen LogP contribution >= 0.6 is 0 Å². The summed E-state index contributed by atoms with van der Waals surface area (Å²) in [5.74, 6) is -0.304. The van der Waals surface area contributed by atoms with Crippen LogP contribution < -0.4 is 0 Å². The molecule has 5 nitrogen and oxygen atoms in total. The number of allylic oxidation sites excluding steroid dienone is 1. The van der Waals surface area contributed by atoms with E-state index in [9.17, 15) is 4.79 Å². The Kier molecular flexibility index (Phi) is 8.97. The van der Waals surface area contributed by atoms with E-state index < -0.39 is 8.80 Å². The minimum atomic E-state index is -2.46. The predicted molar refractivity (Wildman–Crippen MR) is 66.6 cm³/mol. The van der Waals surface area contributed by atoms with Gasteiger partial charge in [-0.1, -0.05) is 6.08 Å². The van der Waals surface area contributed by atoms with Crippen LogP contribution in [0.2, 0.25) is 6.04 Å². The molecule has 0 aliphatic carbocycles. The molecule has 0 atom stereocenters. The molecular weight excluding hydrogens is 240 g/mol. The van der Waals surface area contributed by atoms with Gasteiger partial charge in [0.25, 0.3) is 0 Å². The van der Waals surface area contributed by atoms with Gasteiger partial charge in [-0.2, -0.15) is 0 Å². The summed E-state index contributed by atoms with van der Waals surface area (Å²) >= 11 is 0. The van der Waals surface area contributed by atoms with Crippen LogP contribution in [-0.2, 0) is 22.8 Å². The molecule has 0 N–H and O–H groups in total. The molecule has 0 heterocycles. The second-order valence-electron chi connectivity index (χ2n) is 3.42. The van der Waals surface area contributed by atoms with Gasteiger partial charge in [0.1, 0.15) is 0 Å². The average Bonchev–Trinajstić information content (AvgIpc) is 2.35. The van der Waals surface area contributed by atoms with Crippen molar-refractivity contribution in [2.45, 2.75) is 25.8 Å². The van der Waals surface area contributed by atoms with E-state index in [4.69, 9.17) is 18.0 Å². The zero-order valence-corrected chi connectivity index (χ0v) is 12.0. The average molecular weight is 262 g/mol. The van der Waals surface area contributed by atoms with Crippen LogP contribution in [-0.4, -0.2) is 42.7 Å². The first kappa shape index (κ1) is 16.3. The zero-order valence-electron chi connectivity index (χ0n) is 11.0. The standard InChI is InChI=1S/C11H22O5Si/c1-5-8-11(12)16-9-6-7-10-17(13-2,14-3)15-4/h5,8H,6-7,9-10H2,1-4H3. The van der Waals surface area contributed by atoms with Crippen molar-refractivity contribution in [2.75, 3.05) is 27.9 Å². The topological polar surface area (TPSA) is 54.0 Å². The molecule has 0 bridgehead atoms. The van der Waals surface area contributed by atoms with Crippen molar-refractivity contribution >= 4 is 14.8 Å². The van der Waals surface area contributed by atoms with E-state index in [1.54, 1.807) is 34.3 Å². The Hall–Kier alpha value is -0.693. The maximum atomic E-state index is 11.0. The van der Waals surface area contributed by atoms with Crippen molar-refractivity contribution in [1.29, 1.82) is 0 Å². The number of hydrogen-bond donors (Lipinski definition) is 0. The van der Waals surface area contributed by atoms with Gasteiger partial charge in [0, 0.05) is 33.4 Å². The molecule has 0 radical (unpaired) electrons. The quantitative estimate of drug-likeness (QED) is 0.274. The van der Waals surface area contributed by atoms with Crippen molar-refractivity contribution in [1.82, 2.24) is 0 Å². The fraction of sp³-hybridized carbons (Fsp3) is 0.727. The van der Waals surface area contributed by atoms with Crippen molar-refractivity contribution < 1.29 is 22.8 Å². The number of ether oxygens (including phenoxy) is 1. The minimum Gasteiger partial charge on any atom is -0.463 e. The summed E-state index contributed by atoms with van der Waals surface area (Å²) in [6.07, 6.45) is 4.67. The third kappa shape index (κ3) is 6.57. The Morgan fingerprint density at radius 1 is 1.12 bits per heavy atom. The highest BCUT2D eigenvalue weighted by Crippen LogP contribution is 2.16. The Balaban J connectivity index is 3.72. The highest BCUT2D eigenvalue weighted by atomic mass is 28.4. The van der Waals surface area contributed by atoms with Crippen LogP contribution in [0.4, 0.5) is 0 Å². The Morgan fingerprint density at radius 2 is 1.71 bits per heavy atom. The molecule has 0 saturated heterocycles. The molecule has 17 heavy (non-hydrogen) atoms. The van der Waals surface area contributed by atoms with E-state index in [0.717, 1.165) is 18.9 Å². The van der Waals surface area contributed by atoms with E-state index in [1.165, 1.54) is 6.08 Å². The van der Waals surface area contributed by atoms with Crippen LogP contribution in [0.15, 0.2) is 12.2 Å². The fourth-order valence-electron chi connectivity index (χ4n) is 1.36. The van der Waals surface area contributed by atoms with Crippen LogP contribution in [0.1, 0.15) is 19.8 Å². The van der Waals surface area contributed by atoms with E-state index in [2.05, 4.69) is 0 Å². The van der Waals surface area contributed by atoms with E-state index >= 15 is 0 Å². The molecule has 0 saturated carbocycles. The highest BCUT2D eigenvalue weighted by Gasteiger charge is 2.36. The van der Waals surface area contributed by atoms with E-state index in [0.29, 0.717) is 6.61 Å². The number of hydrogen-bond acceptors (Lipinski definition) is 5. The normalized spacial score (nSPS) is 12.0. The molecule has 0 amide bonds. The maximum Gasteiger partial charge on any atom is 0.500 e. The molecule has 0 aliphatic rings. The summed E-state index contributed by atoms with van der Waals surface area (Å²) in [5, 5.41) is 0. The molecular formula is C11H22O5Si. The highest BCUT2D eigenvalue weighted by molar-refractivity contribution is 6.60. The third-order valence-electron chi connectivity index (χ3n) is 2.36. The van der Waals surface area contributed by atoms with Crippen molar-refractivity contribution in [3.05, 3.63) is 12.2 Å². The Bertz CT molecular complexity index is 230. The minimum absolute atomic E-state index is 0.304. The van der Waals surface area contributed by atoms with Crippen LogP contribution in [0.3, 0.4) is 0 Å². The number of carbonyl (C=O) groups excluding carboxylic acids is 1. The number of carbonyl (C=O) groups is 1. The molecule has 0 aromatic carbocycles. The van der Waals surface area contributed by atoms with Gasteiger partial charge in [-0.25, -0.2) is 4.79 Å². The SMILES string of the molecule is CC=CC(=O)OCCCC[Si](OC)(OC)OC. The second-order valence-corrected chi connectivity index (χ2v) is 6.51. The zero-order chi connectivity index (χ0) is 13.1. The Morgan fingerprint density at radius 3 is 2.18 bits per heavy atom. The van der Waals surface area contributed by atoms with Crippen LogP contribution in [0.5, 0.6) is 0 Å². The maximum absolute atomic E-state index is 11.0. The van der Waals surface area contributed by atoms with Gasteiger partial charge in [0.15, 0.2) is 0 Å². The fourth-order valence-corrected chi connectivity index (χ4v) is 3.15. The summed E-state index contributed by atoms with van der Waals surface area (Å²) in [6.45, 7) is 2.18. The molecule has 0 aromatic rings. The molecule has 100 valence electrons. The lowest BCUT2D eigenvalue weighted by atomic mass is 10.3. The molecule has 0 spiro atoms. The van der Waals surface area contributed by atoms with Gasteiger partial charge in [0.2, 0.25) is 0 Å². The summed E-state index contributed by atoms with van der Waals surface area (Å²) in [5.41, 5.74) is 0. The molecule has 0 aromatic heterocycles. The van der Waals surface area contributed by atoms with Crippen molar-refractivity contribution in [2.24, 2.45) is 0 Å². The van der Waals surface area contributed by atoms with Gasteiger partial charge >= 0.3 is 14.8 Å². The summed E-state index contributed by atoms with van der Waals surface area (Å²) in [7, 11) is 2.30. The smallest absolute Gasteiger partial charge is 0.463 e. The largest absolute Gasteiger partial charge is 0.500 e. The summed E-state index contributed by atoms with van der Waals surface area (Å²) < 4.78 is 20.8. The number of rotatable bonds is 9. The van der Waals surface area contributed by atoms with Crippen LogP contribution in [0.25, 0.3) is 0 Å². The van der Waals surface area contributed by atoms with Gasteiger partial charge in [0.05, 0.1) is 6.61 Å². The third-order valence-corrected chi connectivity index (χ3v) is 5.19. The lowest BCUT2D eigenvalue weighted by molar-refractivity contribution is -0.137. The van der Waals surface area contributed by atoms with E-state index in [-0.39, 0.29) is 5.97 Å². The van der Waals surface area contributed by atoms with Crippen LogP contribution in [0, 0.1) is 0 Å². The van der Waals surface area contributed by atoms with Gasteiger partial charge in [-0.3, -0.25) is 0 Å². The van der Waals surface area contributed by atoms with Gasteiger partial charge in [-0.05, 0) is 19.8 Å². The number of unbranched alkanes of at least 4 members (excludes halogenated alkanes) is 1. The monoisotopic (exact) mass is 262 g/mol. The van der Waals surface area contributed by atoms with E-state index in [1.807, 2.05) is 0 Å². The first-order valence-corrected chi connectivity index (χ1v) is 7.52. The molecule has 0 aliphatic heterocycles. The lowest BCUT2D eigenvalue weighted by Crippen LogP contribution is -2.42. The van der Waals surface area contributed by atoms with Crippen molar-refractivity contribution in [3.63, 3.8) is 0 Å². The summed E-state index contributed by atoms with van der Waals surface area (Å²) in [6, 6.07) is 0.720. The first-order valence-electron chi connectivity index (χ1n) is 5.59. The second kappa shape index (κ2) is 9.35. The van der Waals surface area contributed by atoms with Crippen molar-refractivity contribution in [3.8, 4) is 0 Å². The molecule has 0 fully saturated rings. The molecule has 0 unspecified atom stereocenters. The first-order chi connectivity index (χ1) is 8.14. The summed E-state index contributed by atoms with van der Waals surface area (Å²) in [4.78, 5) is 11.0. The van der Waals surface area contributed by atoms with Gasteiger partial charge in [-0.15, -0.1) is 0 Å². The molecule has 0 rings (SSSR count). The predicted octanol–water partition coefficient (Wildman–Crippen LogP) is 1.76. The lowest BCUT2D eigenvalue weighted by Gasteiger charge is -2.24. The number of esters is 1.